The van der Waals surface area contributed by atoms with Crippen LogP contribution in [0.5, 0.6) is 0 Å². The van der Waals surface area contributed by atoms with Crippen LogP contribution in [0.2, 0.25) is 0 Å². The second-order valence-corrected chi connectivity index (χ2v) is 5.68. The summed E-state index contributed by atoms with van der Waals surface area (Å²) in [6, 6.07) is 0. The maximum absolute atomic E-state index is 4.58. The Balaban J connectivity index is 2.02. The molecule has 64 valence electrons. The van der Waals surface area contributed by atoms with Crippen molar-refractivity contribution in [3.8, 4) is 0 Å². The van der Waals surface area contributed by atoms with Crippen molar-refractivity contribution in [3.63, 3.8) is 0 Å². The number of hydrogen-bond donors (Lipinski definition) is 2. The van der Waals surface area contributed by atoms with Gasteiger partial charge in [0.1, 0.15) is 0 Å². The number of hydrogen-bond acceptors (Lipinski definition) is 2. The summed E-state index contributed by atoms with van der Waals surface area (Å²) >= 11 is 9.11. The number of thiol groups is 2. The average molecular weight is 188 g/mol. The summed E-state index contributed by atoms with van der Waals surface area (Å²) in [6.45, 7) is 2.24. The third kappa shape index (κ3) is 1.33. The van der Waals surface area contributed by atoms with Gasteiger partial charge >= 0.3 is 0 Å². The lowest BCUT2D eigenvalue weighted by molar-refractivity contribution is 0.339. The average Bonchev–Trinajstić information content (AvgIpc) is 2.43. The Bertz CT molecular complexity index is 154. The zero-order valence-electron chi connectivity index (χ0n) is 6.90. The maximum atomic E-state index is 4.58. The van der Waals surface area contributed by atoms with E-state index >= 15 is 0 Å². The van der Waals surface area contributed by atoms with Crippen molar-refractivity contribution >= 4 is 25.3 Å². The quantitative estimate of drug-likeness (QED) is 0.581. The lowest BCUT2D eigenvalue weighted by Gasteiger charge is -2.27. The molecule has 2 rings (SSSR count). The molecule has 2 heteroatoms. The molecule has 2 bridgehead atoms. The lowest BCUT2D eigenvalue weighted by atomic mass is 9.86. The largest absolute Gasteiger partial charge is 0.176 e. The molecule has 0 amide bonds. The molecule has 0 aliphatic heterocycles. The van der Waals surface area contributed by atoms with E-state index in [0.29, 0.717) is 10.5 Å². The smallest absolute Gasteiger partial charge is 0.00480 e. The van der Waals surface area contributed by atoms with Crippen LogP contribution >= 0.6 is 25.3 Å². The highest BCUT2D eigenvalue weighted by atomic mass is 32.1. The van der Waals surface area contributed by atoms with Crippen LogP contribution < -0.4 is 0 Å². The molecule has 2 fully saturated rings. The summed E-state index contributed by atoms with van der Waals surface area (Å²) in [6.07, 6.45) is 4.18. The van der Waals surface area contributed by atoms with Crippen molar-refractivity contribution in [2.24, 2.45) is 17.8 Å². The van der Waals surface area contributed by atoms with Crippen LogP contribution in [0, 0.1) is 17.8 Å². The predicted octanol–water partition coefficient (Wildman–Crippen LogP) is 2.65. The third-order valence-corrected chi connectivity index (χ3v) is 4.51. The zero-order chi connectivity index (χ0) is 8.01. The highest BCUT2D eigenvalue weighted by molar-refractivity contribution is 7.81. The van der Waals surface area contributed by atoms with E-state index in [-0.39, 0.29) is 0 Å². The van der Waals surface area contributed by atoms with Gasteiger partial charge in [0.2, 0.25) is 0 Å². The molecule has 11 heavy (non-hydrogen) atoms. The highest BCUT2D eigenvalue weighted by Gasteiger charge is 2.45. The van der Waals surface area contributed by atoms with Gasteiger partial charge < -0.3 is 0 Å². The normalized spacial score (nSPS) is 51.5. The summed E-state index contributed by atoms with van der Waals surface area (Å²) in [5, 5.41) is 1.31. The maximum Gasteiger partial charge on any atom is 0.00480 e. The van der Waals surface area contributed by atoms with Gasteiger partial charge in [-0.3, -0.25) is 0 Å². The zero-order valence-corrected chi connectivity index (χ0v) is 8.69. The molecule has 0 N–H and O–H groups in total. The van der Waals surface area contributed by atoms with Crippen LogP contribution in [-0.4, -0.2) is 10.5 Å². The second-order valence-electron chi connectivity index (χ2n) is 4.20. The molecular weight excluding hydrogens is 172 g/mol. The number of fused-ring (bicyclic) bond motifs is 2. The van der Waals surface area contributed by atoms with Crippen molar-refractivity contribution in [2.75, 3.05) is 0 Å². The van der Waals surface area contributed by atoms with Gasteiger partial charge in [0.25, 0.3) is 0 Å². The van der Waals surface area contributed by atoms with Crippen molar-refractivity contribution < 1.29 is 0 Å². The first-order chi connectivity index (χ1) is 5.18. The van der Waals surface area contributed by atoms with E-state index in [9.17, 15) is 0 Å². The van der Waals surface area contributed by atoms with Crippen molar-refractivity contribution in [1.29, 1.82) is 0 Å². The van der Waals surface area contributed by atoms with Gasteiger partial charge in [0, 0.05) is 10.5 Å². The summed E-state index contributed by atoms with van der Waals surface area (Å²) in [7, 11) is 0. The molecule has 0 heterocycles. The lowest BCUT2D eigenvalue weighted by Crippen LogP contribution is -2.23. The summed E-state index contributed by atoms with van der Waals surface area (Å²) in [4.78, 5) is 0. The summed E-state index contributed by atoms with van der Waals surface area (Å²) < 4.78 is 0. The Morgan fingerprint density at radius 2 is 1.91 bits per heavy atom. The molecule has 5 atom stereocenters. The minimum Gasteiger partial charge on any atom is -0.176 e. The fourth-order valence-corrected chi connectivity index (χ4v) is 3.76. The molecule has 2 saturated carbocycles. The van der Waals surface area contributed by atoms with Gasteiger partial charge in [0.05, 0.1) is 0 Å². The second kappa shape index (κ2) is 2.88. The van der Waals surface area contributed by atoms with Gasteiger partial charge in [-0.15, -0.1) is 0 Å². The van der Waals surface area contributed by atoms with Crippen molar-refractivity contribution in [3.05, 3.63) is 0 Å². The topological polar surface area (TPSA) is 0 Å². The molecule has 0 spiro atoms. The Hall–Kier alpha value is 0.700. The fraction of sp³-hybridized carbons (Fsp3) is 1.00. The van der Waals surface area contributed by atoms with Crippen LogP contribution in [0.25, 0.3) is 0 Å². The Kier molecular flexibility index (Phi) is 2.17. The molecule has 2 aliphatic rings. The van der Waals surface area contributed by atoms with Gasteiger partial charge in [-0.05, 0) is 37.0 Å². The molecule has 0 aromatic rings. The fourth-order valence-electron chi connectivity index (χ4n) is 2.88. The predicted molar refractivity (Wildman–Crippen MR) is 55.5 cm³/mol. The van der Waals surface area contributed by atoms with Crippen molar-refractivity contribution in [1.82, 2.24) is 0 Å². The van der Waals surface area contributed by atoms with Crippen LogP contribution in [0.15, 0.2) is 0 Å². The van der Waals surface area contributed by atoms with E-state index in [1.54, 1.807) is 0 Å². The van der Waals surface area contributed by atoms with E-state index in [4.69, 9.17) is 0 Å². The first-order valence-corrected chi connectivity index (χ1v) is 5.58. The molecule has 0 aromatic heterocycles. The molecule has 0 aromatic carbocycles. The first-order valence-electron chi connectivity index (χ1n) is 4.54. The molecule has 2 aliphatic carbocycles. The van der Waals surface area contributed by atoms with Gasteiger partial charge in [-0.25, -0.2) is 0 Å². The third-order valence-electron chi connectivity index (χ3n) is 3.49. The molecule has 0 radical (unpaired) electrons. The Morgan fingerprint density at radius 1 is 1.18 bits per heavy atom. The monoisotopic (exact) mass is 188 g/mol. The standard InChI is InChI=1S/C9H16S2/c1-5(10)8-3-7-2-6(8)4-9(7)11/h5-11H,2-4H2,1H3. The van der Waals surface area contributed by atoms with E-state index in [1.807, 2.05) is 0 Å². The van der Waals surface area contributed by atoms with E-state index < -0.39 is 0 Å². The highest BCUT2D eigenvalue weighted by Crippen LogP contribution is 2.52. The Labute approximate surface area is 80.0 Å². The van der Waals surface area contributed by atoms with Crippen molar-refractivity contribution in [2.45, 2.75) is 36.7 Å². The van der Waals surface area contributed by atoms with Gasteiger partial charge in [-0.1, -0.05) is 6.92 Å². The van der Waals surface area contributed by atoms with Crippen LogP contribution in [0.3, 0.4) is 0 Å². The van der Waals surface area contributed by atoms with E-state index in [1.165, 1.54) is 19.3 Å². The van der Waals surface area contributed by atoms with Crippen LogP contribution in [0.1, 0.15) is 26.2 Å². The SMILES string of the molecule is CC(S)C1CC2CC1CC2S. The molecule has 5 unspecified atom stereocenters. The molecular formula is C9H16S2. The van der Waals surface area contributed by atoms with E-state index in [2.05, 4.69) is 32.2 Å². The summed E-state index contributed by atoms with van der Waals surface area (Å²) in [5.41, 5.74) is 0. The molecule has 0 nitrogen and oxygen atoms in total. The van der Waals surface area contributed by atoms with Gasteiger partial charge in [-0.2, -0.15) is 25.3 Å². The Morgan fingerprint density at radius 3 is 2.27 bits per heavy atom. The number of rotatable bonds is 1. The molecule has 0 saturated heterocycles. The van der Waals surface area contributed by atoms with E-state index in [0.717, 1.165) is 17.8 Å². The van der Waals surface area contributed by atoms with Crippen LogP contribution in [0.4, 0.5) is 0 Å². The van der Waals surface area contributed by atoms with Crippen LogP contribution in [-0.2, 0) is 0 Å². The first kappa shape index (κ1) is 8.31. The minimum atomic E-state index is 0.603. The van der Waals surface area contributed by atoms with Gasteiger partial charge in [0.15, 0.2) is 0 Å². The summed E-state index contributed by atoms with van der Waals surface area (Å²) in [5.74, 6) is 2.77. The minimum absolute atomic E-state index is 0.603.